The van der Waals surface area contributed by atoms with E-state index in [0.717, 1.165) is 0 Å². The number of hydrogen-bond donors (Lipinski definition) is 0. The standard InChI is InChI=1S/C13H17.3ClH.Ti/c1-3-7-12-10(5-1)9-11-6-2-4-8-13(11)12;;;;/h9H,1-8H2;3*1H;/q;;;;+3/p-3. The molecule has 4 heteroatoms. The van der Waals surface area contributed by atoms with Gasteiger partial charge in [0.15, 0.2) is 0 Å². The summed E-state index contributed by atoms with van der Waals surface area (Å²) in [5.41, 5.74) is 6.94. The maximum atomic E-state index is 4.97. The molecule has 0 spiro atoms. The molecule has 0 bridgehead atoms. The van der Waals surface area contributed by atoms with Crippen molar-refractivity contribution in [3.8, 4) is 0 Å². The van der Waals surface area contributed by atoms with E-state index >= 15 is 0 Å². The van der Waals surface area contributed by atoms with Crippen LogP contribution in [0.15, 0.2) is 22.3 Å². The fourth-order valence-corrected chi connectivity index (χ4v) is 3.08. The third-order valence-electron chi connectivity index (χ3n) is 3.73. The van der Waals surface area contributed by atoms with Gasteiger partial charge in [-0.2, -0.15) is 0 Å². The summed E-state index contributed by atoms with van der Waals surface area (Å²) >= 11 is -1.92. The topological polar surface area (TPSA) is 0 Å². The Kier molecular flexibility index (Phi) is 5.97. The van der Waals surface area contributed by atoms with Gasteiger partial charge in [-0.15, -0.1) is 0 Å². The first-order chi connectivity index (χ1) is 8.18. The van der Waals surface area contributed by atoms with Gasteiger partial charge < -0.3 is 0 Å². The summed E-state index contributed by atoms with van der Waals surface area (Å²) in [5.74, 6) is 0. The molecular weight excluding hydrogens is 310 g/mol. The number of allylic oxidation sites excluding steroid dienone is 4. The minimum atomic E-state index is -1.92. The molecule has 3 aliphatic carbocycles. The van der Waals surface area contributed by atoms with E-state index in [1.54, 1.807) is 22.3 Å². The Labute approximate surface area is 122 Å². The Morgan fingerprint density at radius 3 is 1.47 bits per heavy atom. The van der Waals surface area contributed by atoms with Gasteiger partial charge in [-0.1, -0.05) is 11.1 Å². The molecule has 0 aromatic carbocycles. The quantitative estimate of drug-likeness (QED) is 0.478. The van der Waals surface area contributed by atoms with Crippen molar-refractivity contribution in [3.63, 3.8) is 0 Å². The van der Waals surface area contributed by atoms with Crippen molar-refractivity contribution >= 4 is 27.9 Å². The van der Waals surface area contributed by atoms with Crippen molar-refractivity contribution in [1.29, 1.82) is 0 Å². The Morgan fingerprint density at radius 1 is 0.706 bits per heavy atom. The van der Waals surface area contributed by atoms with Crippen LogP contribution in [0.5, 0.6) is 0 Å². The summed E-state index contributed by atoms with van der Waals surface area (Å²) in [6.07, 6.45) is 13.7. The van der Waals surface area contributed by atoms with Crippen LogP contribution < -0.4 is 0 Å². The summed E-state index contributed by atoms with van der Waals surface area (Å²) in [4.78, 5) is 0. The van der Waals surface area contributed by atoms with Crippen molar-refractivity contribution in [3.05, 3.63) is 28.7 Å². The van der Waals surface area contributed by atoms with Crippen LogP contribution in [-0.4, -0.2) is 0 Å². The van der Waals surface area contributed by atoms with Gasteiger partial charge in [-0.3, -0.25) is 0 Å². The third-order valence-corrected chi connectivity index (χ3v) is 3.73. The Balaban J connectivity index is 0.000000239. The maximum absolute atomic E-state index is 4.97. The first-order valence-corrected chi connectivity index (χ1v) is 12.8. The van der Waals surface area contributed by atoms with E-state index in [1.807, 2.05) is 0 Å². The van der Waals surface area contributed by atoms with Crippen LogP contribution in [0.25, 0.3) is 0 Å². The van der Waals surface area contributed by atoms with Gasteiger partial charge >= 0.3 is 42.6 Å². The molecule has 0 aromatic heterocycles. The number of hydrogen-bond acceptors (Lipinski definition) is 0. The van der Waals surface area contributed by atoms with Crippen LogP contribution in [0.4, 0.5) is 0 Å². The van der Waals surface area contributed by atoms with Crippen molar-refractivity contribution in [2.75, 3.05) is 0 Å². The summed E-state index contributed by atoms with van der Waals surface area (Å²) in [7, 11) is 14.9. The van der Waals surface area contributed by atoms with Crippen LogP contribution in [0.2, 0.25) is 0 Å². The van der Waals surface area contributed by atoms with Crippen LogP contribution in [0, 0.1) is 6.42 Å². The Hall–Kier alpha value is 1.06. The van der Waals surface area contributed by atoms with Gasteiger partial charge in [-0.25, -0.2) is 0 Å². The predicted molar refractivity (Wildman–Crippen MR) is 72.8 cm³/mol. The average Bonchev–Trinajstić information content (AvgIpc) is 2.66. The van der Waals surface area contributed by atoms with E-state index in [2.05, 4.69) is 6.42 Å². The molecule has 0 saturated carbocycles. The molecule has 0 saturated heterocycles. The Morgan fingerprint density at radius 2 is 1.06 bits per heavy atom. The van der Waals surface area contributed by atoms with Gasteiger partial charge in [0.1, 0.15) is 0 Å². The molecule has 0 fully saturated rings. The van der Waals surface area contributed by atoms with E-state index in [-0.39, 0.29) is 0 Å². The predicted octanol–water partition coefficient (Wildman–Crippen LogP) is 6.01. The van der Waals surface area contributed by atoms with Gasteiger partial charge in [0, 0.05) is 6.42 Å². The zero-order valence-corrected chi connectivity index (χ0v) is 13.7. The molecule has 94 valence electrons. The molecule has 0 aromatic rings. The van der Waals surface area contributed by atoms with Crippen LogP contribution in [0.3, 0.4) is 0 Å². The second-order valence-electron chi connectivity index (χ2n) is 4.78. The molecule has 0 heterocycles. The van der Waals surface area contributed by atoms with E-state index in [4.69, 9.17) is 27.9 Å². The molecule has 0 aliphatic heterocycles. The normalized spacial score (nSPS) is 22.8. The van der Waals surface area contributed by atoms with E-state index in [9.17, 15) is 0 Å². The summed E-state index contributed by atoms with van der Waals surface area (Å²) < 4.78 is 0. The zero-order chi connectivity index (χ0) is 12.3. The van der Waals surface area contributed by atoms with Crippen LogP contribution >= 0.6 is 27.9 Å². The molecule has 3 rings (SSSR count). The third kappa shape index (κ3) is 4.01. The molecule has 0 atom stereocenters. The van der Waals surface area contributed by atoms with Crippen molar-refractivity contribution in [2.24, 2.45) is 0 Å². The summed E-state index contributed by atoms with van der Waals surface area (Å²) in [5, 5.41) is 0. The molecule has 0 nitrogen and oxygen atoms in total. The summed E-state index contributed by atoms with van der Waals surface area (Å²) in [6, 6.07) is 0. The zero-order valence-electron chi connectivity index (χ0n) is 9.87. The van der Waals surface area contributed by atoms with Crippen molar-refractivity contribution < 1.29 is 14.7 Å². The second-order valence-corrected chi connectivity index (χ2v) is 12.5. The fraction of sp³-hybridized carbons (Fsp3) is 0.615. The van der Waals surface area contributed by atoms with Gasteiger partial charge in [0.05, 0.1) is 0 Å². The van der Waals surface area contributed by atoms with Gasteiger partial charge in [0.25, 0.3) is 0 Å². The molecule has 0 N–H and O–H groups in total. The van der Waals surface area contributed by atoms with E-state index in [1.165, 1.54) is 51.4 Å². The van der Waals surface area contributed by atoms with Crippen LogP contribution in [-0.2, 0) is 14.7 Å². The van der Waals surface area contributed by atoms with Gasteiger partial charge in [0.2, 0.25) is 0 Å². The monoisotopic (exact) mass is 326 g/mol. The van der Waals surface area contributed by atoms with E-state index < -0.39 is 14.7 Å². The molecular formula is C13H17Cl3Ti. The molecule has 0 amide bonds. The molecule has 1 radical (unpaired) electrons. The number of fused-ring (bicyclic) bond motifs is 1. The molecule has 17 heavy (non-hydrogen) atoms. The van der Waals surface area contributed by atoms with Crippen molar-refractivity contribution in [1.82, 2.24) is 0 Å². The van der Waals surface area contributed by atoms with Crippen molar-refractivity contribution in [2.45, 2.75) is 51.4 Å². The number of halogens is 3. The average molecular weight is 328 g/mol. The first-order valence-electron chi connectivity index (χ1n) is 6.31. The fourth-order valence-electron chi connectivity index (χ4n) is 3.08. The number of rotatable bonds is 0. The SMILES string of the molecule is [CH]1C2=C(CCCC2)C2=C1CCCC2.[Cl][Ti]([Cl])[Cl]. The molecule has 3 aliphatic rings. The minimum absolute atomic E-state index is 1.36. The van der Waals surface area contributed by atoms with Gasteiger partial charge in [-0.05, 0) is 62.5 Å². The first kappa shape index (κ1) is 14.5. The second kappa shape index (κ2) is 7.01. The Bertz CT molecular complexity index is 312. The van der Waals surface area contributed by atoms with E-state index in [0.29, 0.717) is 0 Å². The molecule has 0 unspecified atom stereocenters. The van der Waals surface area contributed by atoms with Crippen LogP contribution in [0.1, 0.15) is 51.4 Å². The summed E-state index contributed by atoms with van der Waals surface area (Å²) in [6.45, 7) is 0.